The highest BCUT2D eigenvalue weighted by atomic mass is 14.9. The van der Waals surface area contributed by atoms with Crippen LogP contribution < -0.4 is 0 Å². The minimum absolute atomic E-state index is 0.724. The van der Waals surface area contributed by atoms with Gasteiger partial charge in [0.25, 0.3) is 0 Å². The number of terminal acetylenes is 1. The summed E-state index contributed by atoms with van der Waals surface area (Å²) in [7, 11) is 3.48. The van der Waals surface area contributed by atoms with Crippen LogP contribution in [0, 0.1) is 12.3 Å². The Morgan fingerprint density at radius 3 is 2.54 bits per heavy atom. The molecule has 2 rings (SSSR count). The molecule has 0 aliphatic carbocycles. The third-order valence-electron chi connectivity index (χ3n) is 3.88. The summed E-state index contributed by atoms with van der Waals surface area (Å²) in [5.74, 6) is 2.67. The quantitative estimate of drug-likeness (QED) is 0.583. The van der Waals surface area contributed by atoms with Gasteiger partial charge in [0.15, 0.2) is 0 Å². The van der Waals surface area contributed by atoms with E-state index in [-0.39, 0.29) is 0 Å². The second-order valence-electron chi connectivity index (χ2n) is 5.49. The topological polar surface area (TPSA) is 49.4 Å². The lowest BCUT2D eigenvalue weighted by Gasteiger charge is -2.22. The van der Waals surface area contributed by atoms with Crippen molar-refractivity contribution >= 4 is 28.5 Å². The molecular formula is C22H22N4. The van der Waals surface area contributed by atoms with Crippen LogP contribution in [-0.2, 0) is 0 Å². The molecule has 26 heavy (non-hydrogen) atoms. The van der Waals surface area contributed by atoms with Crippen molar-refractivity contribution in [2.45, 2.75) is 13.8 Å². The van der Waals surface area contributed by atoms with Crippen LogP contribution in [0.3, 0.4) is 0 Å². The Morgan fingerprint density at radius 2 is 1.96 bits per heavy atom. The summed E-state index contributed by atoms with van der Waals surface area (Å²) >= 11 is 0. The molecule has 1 aliphatic rings. The molecular weight excluding hydrogens is 320 g/mol. The standard InChI is InChI=1S/C22H22N4/c1-7-11-18(25-9-3)19-21(17-13-10-12-16(8-2)14-17)26-15(4)20(23-5)22(19)24-6/h2,7,9-14H,3H2,1,4-6H3/b11-7-,23-20?,24-22?,25-18?. The molecule has 4 heteroatoms. The minimum atomic E-state index is 0.724. The van der Waals surface area contributed by atoms with E-state index in [2.05, 4.69) is 27.5 Å². The number of benzene rings is 1. The molecule has 1 aromatic rings. The van der Waals surface area contributed by atoms with Gasteiger partial charge in [-0.2, -0.15) is 0 Å². The zero-order valence-electron chi connectivity index (χ0n) is 15.6. The Hall–Kier alpha value is -3.32. The summed E-state index contributed by atoms with van der Waals surface area (Å²) in [6.45, 7) is 7.59. The number of hydrogen-bond acceptors (Lipinski definition) is 4. The average molecular weight is 342 g/mol. The van der Waals surface area contributed by atoms with Gasteiger partial charge in [-0.1, -0.05) is 30.7 Å². The fourth-order valence-electron chi connectivity index (χ4n) is 2.82. The maximum Gasteiger partial charge on any atom is 0.104 e. The van der Waals surface area contributed by atoms with Crippen molar-refractivity contribution in [1.29, 1.82) is 0 Å². The van der Waals surface area contributed by atoms with Crippen LogP contribution in [0.15, 0.2) is 74.7 Å². The molecule has 0 spiro atoms. The molecule has 1 aromatic carbocycles. The first-order valence-electron chi connectivity index (χ1n) is 8.24. The van der Waals surface area contributed by atoms with Gasteiger partial charge < -0.3 is 0 Å². The predicted molar refractivity (Wildman–Crippen MR) is 114 cm³/mol. The number of rotatable bonds is 4. The number of aliphatic imine (C=N–C) groups is 4. The Labute approximate surface area is 155 Å². The van der Waals surface area contributed by atoms with Crippen LogP contribution in [0.5, 0.6) is 0 Å². The Balaban J connectivity index is 2.92. The molecule has 0 atom stereocenters. The number of allylic oxidation sites excluding steroid dienone is 3. The van der Waals surface area contributed by atoms with Crippen molar-refractivity contribution in [1.82, 2.24) is 0 Å². The zero-order chi connectivity index (χ0) is 19.1. The fraction of sp³-hybridized carbons (Fsp3) is 0.182. The van der Waals surface area contributed by atoms with Crippen LogP contribution in [0.4, 0.5) is 0 Å². The molecule has 0 saturated carbocycles. The van der Waals surface area contributed by atoms with Crippen LogP contribution in [0.1, 0.15) is 25.0 Å². The van der Waals surface area contributed by atoms with E-state index in [9.17, 15) is 0 Å². The number of hydrogen-bond donors (Lipinski definition) is 0. The molecule has 0 saturated heterocycles. The first-order valence-corrected chi connectivity index (χ1v) is 8.24. The van der Waals surface area contributed by atoms with E-state index >= 15 is 0 Å². The van der Waals surface area contributed by atoms with Crippen LogP contribution in [0.25, 0.3) is 5.70 Å². The molecule has 0 aromatic heterocycles. The van der Waals surface area contributed by atoms with E-state index in [4.69, 9.17) is 11.4 Å². The van der Waals surface area contributed by atoms with Gasteiger partial charge >= 0.3 is 0 Å². The van der Waals surface area contributed by atoms with Gasteiger partial charge in [-0.3, -0.25) is 20.0 Å². The Morgan fingerprint density at radius 1 is 1.23 bits per heavy atom. The largest absolute Gasteiger partial charge is 0.286 e. The normalized spacial score (nSPS) is 18.4. The van der Waals surface area contributed by atoms with Crippen molar-refractivity contribution in [2.24, 2.45) is 20.0 Å². The van der Waals surface area contributed by atoms with Gasteiger partial charge in [0.1, 0.15) is 5.71 Å². The van der Waals surface area contributed by atoms with Crippen LogP contribution in [-0.4, -0.2) is 36.9 Å². The third-order valence-corrected chi connectivity index (χ3v) is 3.88. The lowest BCUT2D eigenvalue weighted by molar-refractivity contribution is 1.39. The molecule has 0 N–H and O–H groups in total. The van der Waals surface area contributed by atoms with Gasteiger partial charge in [0, 0.05) is 31.4 Å². The highest BCUT2D eigenvalue weighted by molar-refractivity contribution is 6.76. The smallest absolute Gasteiger partial charge is 0.104 e. The third kappa shape index (κ3) is 3.68. The summed E-state index contributed by atoms with van der Waals surface area (Å²) in [4.78, 5) is 18.1. The van der Waals surface area contributed by atoms with Gasteiger partial charge in [-0.15, -0.1) is 6.42 Å². The highest BCUT2D eigenvalue weighted by Crippen LogP contribution is 2.28. The highest BCUT2D eigenvalue weighted by Gasteiger charge is 2.28. The molecule has 4 nitrogen and oxygen atoms in total. The Kier molecular flexibility index (Phi) is 6.35. The summed E-state index contributed by atoms with van der Waals surface area (Å²) < 4.78 is 0. The Bertz CT molecular complexity index is 941. The molecule has 0 radical (unpaired) electrons. The van der Waals surface area contributed by atoms with Gasteiger partial charge in [0.2, 0.25) is 0 Å². The van der Waals surface area contributed by atoms with Gasteiger partial charge in [0.05, 0.1) is 28.4 Å². The van der Waals surface area contributed by atoms with E-state index in [1.165, 1.54) is 6.20 Å². The molecule has 0 unspecified atom stereocenters. The summed E-state index contributed by atoms with van der Waals surface area (Å²) in [6, 6.07) is 7.73. The second kappa shape index (κ2) is 8.68. The maximum absolute atomic E-state index is 5.57. The summed E-state index contributed by atoms with van der Waals surface area (Å²) in [5.41, 5.74) is 6.31. The van der Waals surface area contributed by atoms with Crippen molar-refractivity contribution in [3.8, 4) is 12.3 Å². The molecule has 1 aliphatic heterocycles. The van der Waals surface area contributed by atoms with Crippen LogP contribution in [0.2, 0.25) is 0 Å². The minimum Gasteiger partial charge on any atom is -0.286 e. The summed E-state index contributed by atoms with van der Waals surface area (Å²) in [6.07, 6.45) is 10.9. The molecule has 130 valence electrons. The van der Waals surface area contributed by atoms with Crippen molar-refractivity contribution in [3.05, 3.63) is 65.9 Å². The van der Waals surface area contributed by atoms with E-state index in [0.717, 1.165) is 45.2 Å². The fourth-order valence-corrected chi connectivity index (χ4v) is 2.82. The molecule has 1 heterocycles. The van der Waals surface area contributed by atoms with E-state index in [0.29, 0.717) is 0 Å². The predicted octanol–water partition coefficient (Wildman–Crippen LogP) is 4.16. The lowest BCUT2D eigenvalue weighted by atomic mass is 9.90. The van der Waals surface area contributed by atoms with Gasteiger partial charge in [-0.05, 0) is 32.1 Å². The van der Waals surface area contributed by atoms with Crippen molar-refractivity contribution in [3.63, 3.8) is 0 Å². The van der Waals surface area contributed by atoms with Crippen molar-refractivity contribution < 1.29 is 0 Å². The molecule has 0 bridgehead atoms. The SMILES string of the molecule is C#Cc1cccc(C2=C(C(/C=C\C)=NC=C)C(=NC)C(=NC)C(C)=N2)c1. The number of nitrogens with zero attached hydrogens (tertiary/aromatic N) is 4. The molecule has 0 amide bonds. The second-order valence-corrected chi connectivity index (χ2v) is 5.49. The van der Waals surface area contributed by atoms with Gasteiger partial charge in [-0.25, -0.2) is 0 Å². The van der Waals surface area contributed by atoms with Crippen molar-refractivity contribution in [2.75, 3.05) is 14.1 Å². The monoisotopic (exact) mass is 342 g/mol. The van der Waals surface area contributed by atoms with Crippen LogP contribution >= 0.6 is 0 Å². The first kappa shape index (κ1) is 19.0. The average Bonchev–Trinajstić information content (AvgIpc) is 2.66. The van der Waals surface area contributed by atoms with E-state index in [1.807, 2.05) is 50.3 Å². The molecule has 0 fully saturated rings. The summed E-state index contributed by atoms with van der Waals surface area (Å²) in [5, 5.41) is 0. The van der Waals surface area contributed by atoms with E-state index in [1.54, 1.807) is 14.1 Å². The maximum atomic E-state index is 5.57. The first-order chi connectivity index (χ1) is 12.6. The van der Waals surface area contributed by atoms with E-state index < -0.39 is 0 Å². The zero-order valence-corrected chi connectivity index (χ0v) is 15.6. The lowest BCUT2D eigenvalue weighted by Crippen LogP contribution is -2.31.